The van der Waals surface area contributed by atoms with E-state index in [1.165, 1.54) is 12.1 Å². The maximum atomic E-state index is 12.2. The van der Waals surface area contributed by atoms with Crippen LogP contribution in [-0.2, 0) is 6.54 Å². The minimum atomic E-state index is -2.86. The van der Waals surface area contributed by atoms with Crippen molar-refractivity contribution >= 4 is 11.6 Å². The van der Waals surface area contributed by atoms with Gasteiger partial charge in [0.05, 0.1) is 0 Å². The fourth-order valence-electron chi connectivity index (χ4n) is 1.48. The highest BCUT2D eigenvalue weighted by atomic mass is 35.5. The van der Waals surface area contributed by atoms with Crippen LogP contribution in [0, 0.1) is 0 Å². The Labute approximate surface area is 110 Å². The zero-order valence-electron chi connectivity index (χ0n) is 10.00. The third-order valence-corrected chi connectivity index (χ3v) is 2.68. The van der Waals surface area contributed by atoms with Crippen molar-refractivity contribution in [2.45, 2.75) is 32.5 Å². The van der Waals surface area contributed by atoms with Crippen molar-refractivity contribution in [3.8, 4) is 5.75 Å². The summed E-state index contributed by atoms with van der Waals surface area (Å²) in [6.07, 6.45) is 0.589. The van der Waals surface area contributed by atoms with Crippen LogP contribution < -0.4 is 10.1 Å². The molecule has 1 rings (SSSR count). The molecule has 0 bridgehead atoms. The fraction of sp³-hybridized carbons (Fsp3) is 0.500. The third kappa shape index (κ3) is 5.16. The summed E-state index contributed by atoms with van der Waals surface area (Å²) < 4.78 is 28.8. The quantitative estimate of drug-likeness (QED) is 0.806. The molecule has 1 aromatic rings. The molecule has 3 nitrogen and oxygen atoms in total. The zero-order chi connectivity index (χ0) is 13.5. The first-order valence-corrected chi connectivity index (χ1v) is 5.98. The van der Waals surface area contributed by atoms with E-state index in [-0.39, 0.29) is 18.4 Å². The number of hydrogen-bond acceptors (Lipinski definition) is 3. The first kappa shape index (κ1) is 15.1. The Morgan fingerprint density at radius 3 is 2.78 bits per heavy atom. The number of nitrogens with one attached hydrogen (secondary N) is 1. The van der Waals surface area contributed by atoms with Gasteiger partial charge in [-0.15, -0.1) is 0 Å². The normalized spacial score (nSPS) is 12.8. The lowest BCUT2D eigenvalue weighted by atomic mass is 10.1. The van der Waals surface area contributed by atoms with Gasteiger partial charge in [-0.2, -0.15) is 8.78 Å². The molecule has 102 valence electrons. The van der Waals surface area contributed by atoms with Gasteiger partial charge in [0, 0.05) is 29.8 Å². The number of rotatable bonds is 7. The molecule has 0 aliphatic carbocycles. The maximum absolute atomic E-state index is 12.2. The van der Waals surface area contributed by atoms with Crippen LogP contribution in [0.15, 0.2) is 18.2 Å². The molecule has 1 unspecified atom stereocenters. The summed E-state index contributed by atoms with van der Waals surface area (Å²) in [6.45, 7) is -0.540. The van der Waals surface area contributed by atoms with E-state index >= 15 is 0 Å². The van der Waals surface area contributed by atoms with Crippen molar-refractivity contribution in [1.82, 2.24) is 5.32 Å². The average Bonchev–Trinajstić information content (AvgIpc) is 2.29. The van der Waals surface area contributed by atoms with Crippen LogP contribution in [0.5, 0.6) is 5.75 Å². The molecule has 0 aromatic heterocycles. The largest absolute Gasteiger partial charge is 0.434 e. The second-order valence-electron chi connectivity index (χ2n) is 3.92. The number of hydrogen-bond donors (Lipinski definition) is 2. The number of ether oxygens (including phenoxy) is 1. The van der Waals surface area contributed by atoms with Gasteiger partial charge in [-0.3, -0.25) is 0 Å². The molecule has 0 aliphatic heterocycles. The number of halogens is 3. The first-order valence-electron chi connectivity index (χ1n) is 5.60. The van der Waals surface area contributed by atoms with Crippen molar-refractivity contribution in [3.63, 3.8) is 0 Å². The van der Waals surface area contributed by atoms with Gasteiger partial charge < -0.3 is 15.2 Å². The SMILES string of the molecule is CC(CCO)NCc1cc(Cl)ccc1OC(F)F. The van der Waals surface area contributed by atoms with Crippen LogP contribution >= 0.6 is 11.6 Å². The molecule has 0 amide bonds. The predicted molar refractivity (Wildman–Crippen MR) is 66.1 cm³/mol. The zero-order valence-corrected chi connectivity index (χ0v) is 10.8. The van der Waals surface area contributed by atoms with Crippen molar-refractivity contribution in [1.29, 1.82) is 0 Å². The molecule has 1 atom stereocenters. The Morgan fingerprint density at radius 2 is 2.17 bits per heavy atom. The summed E-state index contributed by atoms with van der Waals surface area (Å²) in [5, 5.41) is 12.3. The van der Waals surface area contributed by atoms with Crippen LogP contribution in [0.4, 0.5) is 8.78 Å². The van der Waals surface area contributed by atoms with Gasteiger partial charge in [0.15, 0.2) is 0 Å². The molecular formula is C12H16ClF2NO2. The minimum Gasteiger partial charge on any atom is -0.434 e. The Hall–Kier alpha value is -0.910. The second kappa shape index (κ2) is 7.51. The van der Waals surface area contributed by atoms with Crippen LogP contribution in [0.2, 0.25) is 5.02 Å². The smallest absolute Gasteiger partial charge is 0.387 e. The Bertz CT molecular complexity index is 377. The lowest BCUT2D eigenvalue weighted by Crippen LogP contribution is -2.26. The Kier molecular flexibility index (Phi) is 6.32. The Balaban J connectivity index is 2.69. The summed E-state index contributed by atoms with van der Waals surface area (Å²) in [5.41, 5.74) is 0.563. The predicted octanol–water partition coefficient (Wildman–Crippen LogP) is 2.80. The molecule has 0 aliphatic rings. The van der Waals surface area contributed by atoms with Crippen molar-refractivity contribution in [2.24, 2.45) is 0 Å². The monoisotopic (exact) mass is 279 g/mol. The van der Waals surface area contributed by atoms with Crippen LogP contribution in [0.25, 0.3) is 0 Å². The number of alkyl halides is 2. The van der Waals surface area contributed by atoms with Gasteiger partial charge >= 0.3 is 6.61 Å². The summed E-state index contributed by atoms with van der Waals surface area (Å²) in [7, 11) is 0. The average molecular weight is 280 g/mol. The van der Waals surface area contributed by atoms with E-state index in [4.69, 9.17) is 16.7 Å². The van der Waals surface area contributed by atoms with Crippen molar-refractivity contribution < 1.29 is 18.6 Å². The summed E-state index contributed by atoms with van der Waals surface area (Å²) >= 11 is 5.82. The van der Waals surface area contributed by atoms with Gasteiger partial charge in [-0.05, 0) is 31.5 Å². The summed E-state index contributed by atoms with van der Waals surface area (Å²) in [4.78, 5) is 0. The van der Waals surface area contributed by atoms with Crippen LogP contribution in [-0.4, -0.2) is 24.4 Å². The van der Waals surface area contributed by atoms with E-state index in [0.717, 1.165) is 0 Å². The van der Waals surface area contributed by atoms with Crippen molar-refractivity contribution in [3.05, 3.63) is 28.8 Å². The highest BCUT2D eigenvalue weighted by molar-refractivity contribution is 6.30. The minimum absolute atomic E-state index is 0.0735. The number of aliphatic hydroxyl groups excluding tert-OH is 1. The van der Waals surface area contributed by atoms with E-state index in [2.05, 4.69) is 10.1 Å². The Morgan fingerprint density at radius 1 is 1.44 bits per heavy atom. The lowest BCUT2D eigenvalue weighted by Gasteiger charge is -2.15. The van der Waals surface area contributed by atoms with Gasteiger partial charge in [0.25, 0.3) is 0 Å². The summed E-state index contributed by atoms with van der Waals surface area (Å²) in [5.74, 6) is 0.109. The van der Waals surface area contributed by atoms with E-state index in [9.17, 15) is 8.78 Å². The first-order chi connectivity index (χ1) is 8.52. The molecule has 0 radical (unpaired) electrons. The maximum Gasteiger partial charge on any atom is 0.387 e. The van der Waals surface area contributed by atoms with Crippen molar-refractivity contribution in [2.75, 3.05) is 6.61 Å². The molecule has 18 heavy (non-hydrogen) atoms. The molecule has 0 saturated carbocycles. The van der Waals surface area contributed by atoms with Gasteiger partial charge in [-0.25, -0.2) is 0 Å². The standard InChI is InChI=1S/C12H16ClF2NO2/c1-8(4-5-17)16-7-9-6-10(13)2-3-11(9)18-12(14)15/h2-3,6,8,12,16-17H,4-5,7H2,1H3. The molecule has 0 heterocycles. The van der Waals surface area contributed by atoms with Gasteiger partial charge in [0.2, 0.25) is 0 Å². The summed E-state index contributed by atoms with van der Waals surface area (Å²) in [6, 6.07) is 4.58. The van der Waals surface area contributed by atoms with E-state index in [1.807, 2.05) is 6.92 Å². The molecule has 1 aromatic carbocycles. The van der Waals surface area contributed by atoms with Crippen LogP contribution in [0.1, 0.15) is 18.9 Å². The highest BCUT2D eigenvalue weighted by Crippen LogP contribution is 2.24. The molecule has 0 saturated heterocycles. The van der Waals surface area contributed by atoms with E-state index in [1.54, 1.807) is 6.07 Å². The van der Waals surface area contributed by atoms with Crippen LogP contribution in [0.3, 0.4) is 0 Å². The topological polar surface area (TPSA) is 41.5 Å². The van der Waals surface area contributed by atoms with Gasteiger partial charge in [0.1, 0.15) is 5.75 Å². The fourth-order valence-corrected chi connectivity index (χ4v) is 1.67. The number of benzene rings is 1. The molecular weight excluding hydrogens is 264 g/mol. The van der Waals surface area contributed by atoms with E-state index in [0.29, 0.717) is 23.6 Å². The van der Waals surface area contributed by atoms with Gasteiger partial charge in [-0.1, -0.05) is 11.6 Å². The highest BCUT2D eigenvalue weighted by Gasteiger charge is 2.11. The third-order valence-electron chi connectivity index (χ3n) is 2.44. The van der Waals surface area contributed by atoms with E-state index < -0.39 is 6.61 Å². The molecule has 6 heteroatoms. The number of aliphatic hydroxyl groups is 1. The molecule has 0 spiro atoms. The molecule has 0 fully saturated rings. The molecule has 2 N–H and O–H groups in total. The lowest BCUT2D eigenvalue weighted by molar-refractivity contribution is -0.0505. The second-order valence-corrected chi connectivity index (χ2v) is 4.36.